The Morgan fingerprint density at radius 2 is 1.55 bits per heavy atom. The van der Waals surface area contributed by atoms with Crippen molar-refractivity contribution in [1.82, 2.24) is 5.32 Å². The smallest absolute Gasteiger partial charge is 0.220 e. The Morgan fingerprint density at radius 1 is 0.931 bits per heavy atom. The predicted molar refractivity (Wildman–Crippen MR) is 114 cm³/mol. The van der Waals surface area contributed by atoms with Crippen LogP contribution < -0.4 is 24.4 Å². The Morgan fingerprint density at radius 3 is 2.10 bits per heavy atom. The van der Waals surface area contributed by atoms with Crippen LogP contribution in [0.2, 0.25) is 0 Å². The van der Waals surface area contributed by atoms with Crippen molar-refractivity contribution in [2.45, 2.75) is 32.2 Å². The van der Waals surface area contributed by atoms with E-state index in [0.29, 0.717) is 36.6 Å². The SMILES string of the molecule is COc1cc(CCC(=O)NCc2ccc(N3CCCC3)cc2)cc(OC)c1OC. The van der Waals surface area contributed by atoms with Gasteiger partial charge in [-0.15, -0.1) is 0 Å². The molecule has 2 aromatic rings. The van der Waals surface area contributed by atoms with Crippen LogP contribution >= 0.6 is 0 Å². The number of benzene rings is 2. The Balaban J connectivity index is 1.51. The monoisotopic (exact) mass is 398 g/mol. The molecule has 1 saturated heterocycles. The number of hydrogen-bond donors (Lipinski definition) is 1. The van der Waals surface area contributed by atoms with Crippen molar-refractivity contribution in [2.75, 3.05) is 39.3 Å². The summed E-state index contributed by atoms with van der Waals surface area (Å²) in [7, 11) is 4.75. The Bertz CT molecular complexity index is 789. The lowest BCUT2D eigenvalue weighted by Gasteiger charge is -2.17. The molecule has 3 rings (SSSR count). The lowest BCUT2D eigenvalue weighted by molar-refractivity contribution is -0.121. The van der Waals surface area contributed by atoms with Crippen LogP contribution in [0, 0.1) is 0 Å². The predicted octanol–water partition coefficient (Wildman–Crippen LogP) is 3.56. The summed E-state index contributed by atoms with van der Waals surface area (Å²) in [5.41, 5.74) is 3.33. The van der Waals surface area contributed by atoms with Gasteiger partial charge < -0.3 is 24.4 Å². The van der Waals surface area contributed by atoms with Crippen LogP contribution in [0.5, 0.6) is 17.2 Å². The Kier molecular flexibility index (Phi) is 7.22. The van der Waals surface area contributed by atoms with Crippen molar-refractivity contribution in [3.05, 3.63) is 47.5 Å². The number of methoxy groups -OCH3 is 3. The first-order valence-electron chi connectivity index (χ1n) is 10.0. The number of nitrogens with zero attached hydrogens (tertiary/aromatic N) is 1. The van der Waals surface area contributed by atoms with Gasteiger partial charge in [0.15, 0.2) is 11.5 Å². The fraction of sp³-hybridized carbons (Fsp3) is 0.435. The molecular weight excluding hydrogens is 368 g/mol. The average Bonchev–Trinajstić information content (AvgIpc) is 3.30. The molecule has 0 saturated carbocycles. The van der Waals surface area contributed by atoms with Crippen LogP contribution in [0.4, 0.5) is 5.69 Å². The fourth-order valence-electron chi connectivity index (χ4n) is 3.63. The van der Waals surface area contributed by atoms with E-state index in [1.807, 2.05) is 12.1 Å². The number of ether oxygens (including phenoxy) is 3. The standard InChI is InChI=1S/C23H30N2O4/c1-27-20-14-18(15-21(28-2)23(20)29-3)8-11-22(26)24-16-17-6-9-19(10-7-17)25-12-4-5-13-25/h6-7,9-10,14-15H,4-5,8,11-13,16H2,1-3H3,(H,24,26). The topological polar surface area (TPSA) is 60.0 Å². The number of carbonyl (C=O) groups excluding carboxylic acids is 1. The molecule has 0 spiro atoms. The summed E-state index contributed by atoms with van der Waals surface area (Å²) >= 11 is 0. The van der Waals surface area contributed by atoms with Crippen molar-refractivity contribution in [3.8, 4) is 17.2 Å². The van der Waals surface area contributed by atoms with Crippen LogP contribution in [0.15, 0.2) is 36.4 Å². The highest BCUT2D eigenvalue weighted by Gasteiger charge is 2.14. The van der Waals surface area contributed by atoms with E-state index >= 15 is 0 Å². The summed E-state index contributed by atoms with van der Waals surface area (Å²) in [5.74, 6) is 1.77. The minimum absolute atomic E-state index is 0.0161. The average molecular weight is 399 g/mol. The number of nitrogens with one attached hydrogen (secondary N) is 1. The maximum absolute atomic E-state index is 12.3. The molecule has 0 unspecified atom stereocenters. The molecular formula is C23H30N2O4. The Labute approximate surface area is 172 Å². The van der Waals surface area contributed by atoms with E-state index in [4.69, 9.17) is 14.2 Å². The molecule has 0 aliphatic carbocycles. The first-order chi connectivity index (χ1) is 14.1. The zero-order valence-electron chi connectivity index (χ0n) is 17.5. The van der Waals surface area contributed by atoms with Crippen molar-refractivity contribution >= 4 is 11.6 Å². The third-order valence-electron chi connectivity index (χ3n) is 5.26. The van der Waals surface area contributed by atoms with Crippen molar-refractivity contribution in [1.29, 1.82) is 0 Å². The maximum Gasteiger partial charge on any atom is 0.220 e. The van der Waals surface area contributed by atoms with Crippen LogP contribution in [0.3, 0.4) is 0 Å². The summed E-state index contributed by atoms with van der Waals surface area (Å²) in [6.07, 6.45) is 3.52. The van der Waals surface area contributed by atoms with Crippen molar-refractivity contribution in [2.24, 2.45) is 0 Å². The highest BCUT2D eigenvalue weighted by atomic mass is 16.5. The molecule has 1 fully saturated rings. The molecule has 1 amide bonds. The zero-order chi connectivity index (χ0) is 20.6. The van der Waals surface area contributed by atoms with Crippen LogP contribution in [-0.2, 0) is 17.8 Å². The summed E-state index contributed by atoms with van der Waals surface area (Å²) in [6, 6.07) is 12.2. The molecule has 29 heavy (non-hydrogen) atoms. The summed E-state index contributed by atoms with van der Waals surface area (Å²) < 4.78 is 16.1. The largest absolute Gasteiger partial charge is 0.493 e. The first-order valence-corrected chi connectivity index (χ1v) is 10.0. The van der Waals surface area contributed by atoms with Crippen LogP contribution in [0.25, 0.3) is 0 Å². The van der Waals surface area contributed by atoms with E-state index in [1.54, 1.807) is 21.3 Å². The Hall–Kier alpha value is -2.89. The highest BCUT2D eigenvalue weighted by Crippen LogP contribution is 2.38. The second kappa shape index (κ2) is 10.0. The van der Waals surface area contributed by atoms with Gasteiger partial charge in [0.05, 0.1) is 21.3 Å². The molecule has 1 N–H and O–H groups in total. The van der Waals surface area contributed by atoms with Gasteiger partial charge in [-0.25, -0.2) is 0 Å². The molecule has 6 nitrogen and oxygen atoms in total. The van der Waals surface area contributed by atoms with E-state index in [-0.39, 0.29) is 5.91 Å². The molecule has 0 atom stereocenters. The lowest BCUT2D eigenvalue weighted by Crippen LogP contribution is -2.23. The first kappa shape index (κ1) is 20.8. The van der Waals surface area contributed by atoms with Crippen LogP contribution in [0.1, 0.15) is 30.4 Å². The third-order valence-corrected chi connectivity index (χ3v) is 5.26. The lowest BCUT2D eigenvalue weighted by atomic mass is 10.1. The number of carbonyl (C=O) groups is 1. The van der Waals surface area contributed by atoms with Crippen molar-refractivity contribution < 1.29 is 19.0 Å². The minimum Gasteiger partial charge on any atom is -0.493 e. The van der Waals surface area contributed by atoms with E-state index in [1.165, 1.54) is 18.5 Å². The second-order valence-corrected chi connectivity index (χ2v) is 7.17. The van der Waals surface area contributed by atoms with Gasteiger partial charge in [0, 0.05) is 31.7 Å². The van der Waals surface area contributed by atoms with E-state index in [2.05, 4.69) is 34.5 Å². The van der Waals surface area contributed by atoms with Gasteiger partial charge >= 0.3 is 0 Å². The van der Waals surface area contributed by atoms with Gasteiger partial charge in [-0.05, 0) is 54.7 Å². The quantitative estimate of drug-likeness (QED) is 0.700. The fourth-order valence-corrected chi connectivity index (χ4v) is 3.63. The molecule has 0 aromatic heterocycles. The molecule has 1 aliphatic heterocycles. The third kappa shape index (κ3) is 5.34. The summed E-state index contributed by atoms with van der Waals surface area (Å²) in [5, 5.41) is 3.00. The summed E-state index contributed by atoms with van der Waals surface area (Å²) in [6.45, 7) is 2.81. The van der Waals surface area contributed by atoms with E-state index < -0.39 is 0 Å². The summed E-state index contributed by atoms with van der Waals surface area (Å²) in [4.78, 5) is 14.7. The number of amides is 1. The van der Waals surface area contributed by atoms with Gasteiger partial charge in [-0.1, -0.05) is 12.1 Å². The van der Waals surface area contributed by atoms with Gasteiger partial charge in [-0.2, -0.15) is 0 Å². The zero-order valence-corrected chi connectivity index (χ0v) is 17.5. The number of hydrogen-bond acceptors (Lipinski definition) is 5. The number of aryl methyl sites for hydroxylation is 1. The van der Waals surface area contributed by atoms with Gasteiger partial charge in [-0.3, -0.25) is 4.79 Å². The molecule has 6 heteroatoms. The minimum atomic E-state index is 0.0161. The highest BCUT2D eigenvalue weighted by molar-refractivity contribution is 5.76. The van der Waals surface area contributed by atoms with Gasteiger partial charge in [0.25, 0.3) is 0 Å². The molecule has 2 aromatic carbocycles. The van der Waals surface area contributed by atoms with E-state index in [0.717, 1.165) is 24.2 Å². The molecule has 156 valence electrons. The molecule has 0 bridgehead atoms. The molecule has 0 radical (unpaired) electrons. The van der Waals surface area contributed by atoms with Gasteiger partial charge in [0.1, 0.15) is 0 Å². The second-order valence-electron chi connectivity index (χ2n) is 7.17. The molecule has 1 aliphatic rings. The molecule has 1 heterocycles. The maximum atomic E-state index is 12.3. The number of rotatable bonds is 9. The number of anilines is 1. The van der Waals surface area contributed by atoms with Gasteiger partial charge in [0.2, 0.25) is 11.7 Å². The normalized spacial score (nSPS) is 13.3. The van der Waals surface area contributed by atoms with Crippen molar-refractivity contribution in [3.63, 3.8) is 0 Å². The van der Waals surface area contributed by atoms with E-state index in [9.17, 15) is 4.79 Å². The van der Waals surface area contributed by atoms with Crippen LogP contribution in [-0.4, -0.2) is 40.3 Å².